The Morgan fingerprint density at radius 3 is 2.95 bits per heavy atom. The van der Waals surface area contributed by atoms with Gasteiger partial charge in [0.25, 0.3) is 0 Å². The minimum absolute atomic E-state index is 0.0623. The van der Waals surface area contributed by atoms with E-state index in [0.29, 0.717) is 25.6 Å². The van der Waals surface area contributed by atoms with Gasteiger partial charge in [0.1, 0.15) is 29.0 Å². The molecule has 7 heteroatoms. The number of hydrogen-bond acceptors (Lipinski definition) is 3. The van der Waals surface area contributed by atoms with E-state index in [0.717, 1.165) is 12.5 Å². The molecule has 1 fully saturated rings. The molecular weight excluding hydrogens is 282 g/mol. The molecule has 21 heavy (non-hydrogen) atoms. The first-order valence-corrected chi connectivity index (χ1v) is 6.51. The molecule has 112 valence electrons. The van der Waals surface area contributed by atoms with Crippen molar-refractivity contribution < 1.29 is 23.4 Å². The second-order valence-electron chi connectivity index (χ2n) is 4.92. The lowest BCUT2D eigenvalue weighted by Crippen LogP contribution is -2.40. The standard InChI is InChI=1S/C14H14F2N2O3/c15-10-4-12(16)11(6-17)13(5-10)21-8-9-2-1-3-18(7-9)14(19)20/h4-5,9H,1-3,7-8H2,(H,19,20). The van der Waals surface area contributed by atoms with Crippen molar-refractivity contribution in [3.05, 3.63) is 29.3 Å². The molecule has 1 aliphatic heterocycles. The molecule has 1 aromatic rings. The number of carbonyl (C=O) groups is 1. The van der Waals surface area contributed by atoms with Gasteiger partial charge in [0.05, 0.1) is 6.61 Å². The molecule has 0 radical (unpaired) electrons. The molecule has 1 heterocycles. The first-order chi connectivity index (χ1) is 10.0. The Hall–Kier alpha value is -2.36. The number of likely N-dealkylation sites (tertiary alicyclic amines) is 1. The van der Waals surface area contributed by atoms with Gasteiger partial charge in [-0.05, 0) is 12.8 Å². The van der Waals surface area contributed by atoms with Gasteiger partial charge in [-0.15, -0.1) is 0 Å². The highest BCUT2D eigenvalue weighted by atomic mass is 19.1. The number of nitriles is 1. The van der Waals surface area contributed by atoms with Gasteiger partial charge in [-0.1, -0.05) is 0 Å². The average Bonchev–Trinajstić information content (AvgIpc) is 2.45. The van der Waals surface area contributed by atoms with Gasteiger partial charge < -0.3 is 14.7 Å². The van der Waals surface area contributed by atoms with Gasteiger partial charge in [0.2, 0.25) is 0 Å². The summed E-state index contributed by atoms with van der Waals surface area (Å²) in [5.41, 5.74) is -0.345. The molecule has 0 aromatic heterocycles. The summed E-state index contributed by atoms with van der Waals surface area (Å²) < 4.78 is 31.9. The summed E-state index contributed by atoms with van der Waals surface area (Å²) in [6.45, 7) is 0.903. The summed E-state index contributed by atoms with van der Waals surface area (Å²) in [6, 6.07) is 3.22. The number of nitrogens with zero attached hydrogens (tertiary/aromatic N) is 2. The van der Waals surface area contributed by atoms with Crippen molar-refractivity contribution >= 4 is 6.09 Å². The second kappa shape index (κ2) is 6.39. The predicted octanol–water partition coefficient (Wildman–Crippen LogP) is 2.61. The molecule has 0 spiro atoms. The molecule has 1 aliphatic rings. The van der Waals surface area contributed by atoms with Crippen molar-refractivity contribution in [3.8, 4) is 11.8 Å². The Bertz CT molecular complexity index is 586. The highest BCUT2D eigenvalue weighted by Crippen LogP contribution is 2.24. The summed E-state index contributed by atoms with van der Waals surface area (Å²) in [6.07, 6.45) is 0.487. The first-order valence-electron chi connectivity index (χ1n) is 6.51. The number of rotatable bonds is 3. The van der Waals surface area contributed by atoms with Crippen molar-refractivity contribution in [2.24, 2.45) is 5.92 Å². The van der Waals surface area contributed by atoms with Gasteiger partial charge in [0.15, 0.2) is 0 Å². The molecule has 1 atom stereocenters. The Morgan fingerprint density at radius 1 is 1.52 bits per heavy atom. The lowest BCUT2D eigenvalue weighted by atomic mass is 9.99. The minimum atomic E-state index is -0.991. The van der Waals surface area contributed by atoms with Crippen LogP contribution in [-0.4, -0.2) is 35.8 Å². The number of benzene rings is 1. The zero-order valence-corrected chi connectivity index (χ0v) is 11.2. The maximum Gasteiger partial charge on any atom is 0.407 e. The summed E-state index contributed by atoms with van der Waals surface area (Å²) >= 11 is 0. The van der Waals surface area contributed by atoms with Crippen LogP contribution in [0.3, 0.4) is 0 Å². The average molecular weight is 296 g/mol. The molecule has 2 rings (SSSR count). The van der Waals surface area contributed by atoms with Gasteiger partial charge >= 0.3 is 6.09 Å². The summed E-state index contributed by atoms with van der Waals surface area (Å²) in [7, 11) is 0. The molecular formula is C14H14F2N2O3. The highest BCUT2D eigenvalue weighted by molar-refractivity contribution is 5.65. The third kappa shape index (κ3) is 3.60. The largest absolute Gasteiger partial charge is 0.492 e. The Labute approximate surface area is 120 Å². The fourth-order valence-electron chi connectivity index (χ4n) is 2.35. The fourth-order valence-corrected chi connectivity index (χ4v) is 2.35. The molecule has 1 saturated heterocycles. The van der Waals surface area contributed by atoms with E-state index in [1.54, 1.807) is 6.07 Å². The molecule has 0 saturated carbocycles. The van der Waals surface area contributed by atoms with Crippen LogP contribution in [0.1, 0.15) is 18.4 Å². The van der Waals surface area contributed by atoms with Crippen LogP contribution in [0.5, 0.6) is 5.75 Å². The van der Waals surface area contributed by atoms with Crippen molar-refractivity contribution in [1.29, 1.82) is 5.26 Å². The number of hydrogen-bond donors (Lipinski definition) is 1. The van der Waals surface area contributed by atoms with E-state index in [2.05, 4.69) is 0 Å². The van der Waals surface area contributed by atoms with Crippen LogP contribution in [0, 0.1) is 28.9 Å². The van der Waals surface area contributed by atoms with E-state index in [1.165, 1.54) is 4.90 Å². The zero-order valence-electron chi connectivity index (χ0n) is 11.2. The Morgan fingerprint density at radius 2 is 2.29 bits per heavy atom. The molecule has 1 unspecified atom stereocenters. The van der Waals surface area contributed by atoms with Crippen LogP contribution in [-0.2, 0) is 0 Å². The topological polar surface area (TPSA) is 73.6 Å². The summed E-state index contributed by atoms with van der Waals surface area (Å²) in [5.74, 6) is -2.00. The maximum atomic E-state index is 13.4. The van der Waals surface area contributed by atoms with Crippen molar-refractivity contribution in [2.75, 3.05) is 19.7 Å². The van der Waals surface area contributed by atoms with Crippen LogP contribution in [0.25, 0.3) is 0 Å². The summed E-state index contributed by atoms with van der Waals surface area (Å²) in [5, 5.41) is 17.8. The van der Waals surface area contributed by atoms with E-state index in [4.69, 9.17) is 15.1 Å². The first kappa shape index (κ1) is 15.0. The number of piperidine rings is 1. The summed E-state index contributed by atoms with van der Waals surface area (Å²) in [4.78, 5) is 12.2. The molecule has 0 aliphatic carbocycles. The SMILES string of the molecule is N#Cc1c(F)cc(F)cc1OCC1CCCN(C(=O)O)C1. The molecule has 1 aromatic carbocycles. The lowest BCUT2D eigenvalue weighted by Gasteiger charge is -2.30. The quantitative estimate of drug-likeness (QED) is 0.930. The van der Waals surface area contributed by atoms with Crippen LogP contribution in [0.15, 0.2) is 12.1 Å². The van der Waals surface area contributed by atoms with Crippen LogP contribution >= 0.6 is 0 Å². The number of amides is 1. The van der Waals surface area contributed by atoms with Gasteiger partial charge in [-0.25, -0.2) is 13.6 Å². The van der Waals surface area contributed by atoms with E-state index in [-0.39, 0.29) is 23.8 Å². The Balaban J connectivity index is 2.03. The van der Waals surface area contributed by atoms with E-state index in [9.17, 15) is 13.6 Å². The third-order valence-electron chi connectivity index (χ3n) is 3.39. The van der Waals surface area contributed by atoms with E-state index < -0.39 is 17.7 Å². The second-order valence-corrected chi connectivity index (χ2v) is 4.92. The van der Waals surface area contributed by atoms with Crippen LogP contribution < -0.4 is 4.74 Å². The highest BCUT2D eigenvalue weighted by Gasteiger charge is 2.24. The molecule has 5 nitrogen and oxygen atoms in total. The van der Waals surface area contributed by atoms with Gasteiger partial charge in [0, 0.05) is 31.1 Å². The zero-order chi connectivity index (χ0) is 15.4. The molecule has 1 N–H and O–H groups in total. The van der Waals surface area contributed by atoms with Crippen molar-refractivity contribution in [2.45, 2.75) is 12.8 Å². The maximum absolute atomic E-state index is 13.4. The predicted molar refractivity (Wildman–Crippen MR) is 68.9 cm³/mol. The Kier molecular flexibility index (Phi) is 4.58. The van der Waals surface area contributed by atoms with Crippen molar-refractivity contribution in [1.82, 2.24) is 4.90 Å². The van der Waals surface area contributed by atoms with E-state index in [1.807, 2.05) is 0 Å². The number of ether oxygens (including phenoxy) is 1. The van der Waals surface area contributed by atoms with Gasteiger partial charge in [-0.2, -0.15) is 5.26 Å². The fraction of sp³-hybridized carbons (Fsp3) is 0.429. The van der Waals surface area contributed by atoms with Crippen LogP contribution in [0.2, 0.25) is 0 Å². The monoisotopic (exact) mass is 296 g/mol. The van der Waals surface area contributed by atoms with E-state index >= 15 is 0 Å². The minimum Gasteiger partial charge on any atom is -0.492 e. The number of carboxylic acid groups (broad SMARTS) is 1. The third-order valence-corrected chi connectivity index (χ3v) is 3.39. The molecule has 1 amide bonds. The molecule has 0 bridgehead atoms. The van der Waals surface area contributed by atoms with Crippen LogP contribution in [0.4, 0.5) is 13.6 Å². The van der Waals surface area contributed by atoms with Crippen molar-refractivity contribution in [3.63, 3.8) is 0 Å². The lowest BCUT2D eigenvalue weighted by molar-refractivity contribution is 0.104. The normalized spacial score (nSPS) is 18.1. The smallest absolute Gasteiger partial charge is 0.407 e. The number of halogens is 2. The van der Waals surface area contributed by atoms with Gasteiger partial charge in [-0.3, -0.25) is 0 Å².